The lowest BCUT2D eigenvalue weighted by molar-refractivity contribution is 0.689. The van der Waals surface area contributed by atoms with Gasteiger partial charge >= 0.3 is 0 Å². The van der Waals surface area contributed by atoms with Crippen LogP contribution in [0.25, 0.3) is 67.1 Å². The van der Waals surface area contributed by atoms with Crippen molar-refractivity contribution in [3.63, 3.8) is 0 Å². The Hall–Kier alpha value is -10.2. The minimum atomic E-state index is -0.763. The van der Waals surface area contributed by atoms with Gasteiger partial charge in [-0.05, 0) is 117 Å². The van der Waals surface area contributed by atoms with Crippen molar-refractivity contribution in [1.29, 1.82) is 0 Å². The van der Waals surface area contributed by atoms with Gasteiger partial charge in [0.1, 0.15) is 0 Å². The molecule has 0 amide bonds. The van der Waals surface area contributed by atoms with Crippen LogP contribution in [0.4, 0.5) is 17.1 Å². The van der Waals surface area contributed by atoms with Gasteiger partial charge in [-0.2, -0.15) is 0 Å². The van der Waals surface area contributed by atoms with Gasteiger partial charge in [-0.1, -0.05) is 200 Å². The Labute approximate surface area is 443 Å². The van der Waals surface area contributed by atoms with E-state index in [2.05, 4.69) is 296 Å². The highest BCUT2D eigenvalue weighted by Crippen LogP contribution is 2.66. The number of para-hydroxylation sites is 9. The summed E-state index contributed by atoms with van der Waals surface area (Å²) >= 11 is 0. The maximum absolute atomic E-state index is 5.39. The number of aromatic nitrogens is 6. The molecule has 7 nitrogen and oxygen atoms in total. The smallest absolute Gasteiger partial charge is 0.220 e. The molecular formula is C70H45N7. The van der Waals surface area contributed by atoms with Gasteiger partial charge in [0.25, 0.3) is 0 Å². The molecule has 0 saturated heterocycles. The van der Waals surface area contributed by atoms with E-state index in [0.717, 1.165) is 84.1 Å². The summed E-state index contributed by atoms with van der Waals surface area (Å²) in [6, 6.07) is 101. The molecule has 0 radical (unpaired) electrons. The van der Waals surface area contributed by atoms with Gasteiger partial charge in [0.2, 0.25) is 11.6 Å². The third-order valence-electron chi connectivity index (χ3n) is 16.9. The normalized spacial score (nSPS) is 14.2. The van der Waals surface area contributed by atoms with Gasteiger partial charge < -0.3 is 4.90 Å². The van der Waals surface area contributed by atoms with Crippen molar-refractivity contribution in [3.05, 3.63) is 317 Å². The third-order valence-corrected chi connectivity index (χ3v) is 16.9. The highest BCUT2D eigenvalue weighted by molar-refractivity contribution is 6.00. The molecule has 0 aliphatic carbocycles. The molecule has 15 aromatic rings. The number of anilines is 3. The highest BCUT2D eigenvalue weighted by atomic mass is 15.2. The van der Waals surface area contributed by atoms with E-state index in [9.17, 15) is 0 Å². The minimum Gasteiger partial charge on any atom is -0.309 e. The highest BCUT2D eigenvalue weighted by Gasteiger charge is 2.54. The predicted molar refractivity (Wildman–Crippen MR) is 311 cm³/mol. The second kappa shape index (κ2) is 15.6. The topological polar surface area (TPSA) is 47.7 Å². The van der Waals surface area contributed by atoms with E-state index in [1.807, 2.05) is 0 Å². The van der Waals surface area contributed by atoms with Crippen LogP contribution in [0.3, 0.4) is 0 Å². The van der Waals surface area contributed by atoms with Crippen molar-refractivity contribution in [2.45, 2.75) is 10.8 Å². The summed E-state index contributed by atoms with van der Waals surface area (Å²) < 4.78 is 9.34. The lowest BCUT2D eigenvalue weighted by Crippen LogP contribution is -2.44. The maximum atomic E-state index is 5.39. The van der Waals surface area contributed by atoms with Gasteiger partial charge in [0.05, 0.1) is 83.4 Å². The number of benzene rings is 11. The zero-order chi connectivity index (χ0) is 50.4. The number of hydrogen-bond acceptors (Lipinski definition) is 3. The summed E-state index contributed by atoms with van der Waals surface area (Å²) in [5, 5.41) is 0. The molecule has 17 rings (SSSR count). The number of nitrogens with zero attached hydrogens (tertiary/aromatic N) is 7. The van der Waals surface area contributed by atoms with Crippen LogP contribution in [-0.2, 0) is 10.8 Å². The molecule has 360 valence electrons. The Morgan fingerprint density at radius 1 is 0.273 bits per heavy atom. The maximum Gasteiger partial charge on any atom is 0.220 e. The third kappa shape index (κ3) is 5.44. The molecule has 2 aliphatic heterocycles. The van der Waals surface area contributed by atoms with Gasteiger partial charge in [-0.25, -0.2) is 9.97 Å². The van der Waals surface area contributed by atoms with Crippen LogP contribution < -0.4 is 4.90 Å². The monoisotopic (exact) mass is 983 g/mol. The fourth-order valence-electron chi connectivity index (χ4n) is 13.9. The van der Waals surface area contributed by atoms with E-state index >= 15 is 0 Å². The van der Waals surface area contributed by atoms with Crippen LogP contribution in [-0.4, -0.2) is 27.9 Å². The van der Waals surface area contributed by atoms with E-state index in [1.54, 1.807) is 0 Å². The first kappa shape index (κ1) is 42.2. The largest absolute Gasteiger partial charge is 0.309 e. The summed E-state index contributed by atoms with van der Waals surface area (Å²) in [7, 11) is 0. The van der Waals surface area contributed by atoms with E-state index in [0.29, 0.717) is 0 Å². The van der Waals surface area contributed by atoms with Crippen LogP contribution in [0.15, 0.2) is 273 Å². The standard InChI is InChI=1S/C70H45N7/c1-5-22-46(23-6-1)69(47-24-7-2-8-25-47)52-42-40-50(73-60-36-17-19-38-62(60)76-58-34-15-13-32-56(58)71-67(73)76)44-64(52)75-65-45-51(74-61-37-18-20-39-63(61)77-59-35-16-14-33-57(59)72-68(74)77)41-43-53(65)70(48-26-9-3-10-27-48,49-28-11-4-12-29-49)55-31-21-30-54(69)66(55)75/h1-45H. The second-order valence-corrected chi connectivity index (χ2v) is 20.5. The van der Waals surface area contributed by atoms with Crippen molar-refractivity contribution in [3.8, 4) is 11.4 Å². The van der Waals surface area contributed by atoms with Gasteiger partial charge in [-0.15, -0.1) is 0 Å². The zero-order valence-corrected chi connectivity index (χ0v) is 41.6. The summed E-state index contributed by atoms with van der Waals surface area (Å²) in [6.45, 7) is 0. The van der Waals surface area contributed by atoms with Gasteiger partial charge in [0, 0.05) is 0 Å². The minimum absolute atomic E-state index is 0.763. The molecule has 0 N–H and O–H groups in total. The first-order valence-corrected chi connectivity index (χ1v) is 26.4. The lowest BCUT2D eigenvalue weighted by atomic mass is 9.57. The molecule has 77 heavy (non-hydrogen) atoms. The van der Waals surface area contributed by atoms with Crippen LogP contribution in [0.1, 0.15) is 44.5 Å². The van der Waals surface area contributed by atoms with Crippen molar-refractivity contribution in [2.24, 2.45) is 0 Å². The van der Waals surface area contributed by atoms with Crippen LogP contribution in [0, 0.1) is 0 Å². The second-order valence-electron chi connectivity index (χ2n) is 20.5. The molecular weight excluding hydrogens is 939 g/mol. The van der Waals surface area contributed by atoms with Crippen molar-refractivity contribution in [2.75, 3.05) is 4.90 Å². The first-order valence-electron chi connectivity index (χ1n) is 26.4. The fourth-order valence-corrected chi connectivity index (χ4v) is 13.9. The Balaban J connectivity index is 1.06. The number of fused-ring (bicyclic) bond motifs is 14. The number of rotatable bonds is 6. The summed E-state index contributed by atoms with van der Waals surface area (Å²) in [6.07, 6.45) is 0. The lowest BCUT2D eigenvalue weighted by Gasteiger charge is -2.53. The number of hydrogen-bond donors (Lipinski definition) is 0. The average Bonchev–Trinajstić information content (AvgIpc) is 4.39. The zero-order valence-electron chi connectivity index (χ0n) is 41.6. The first-order chi connectivity index (χ1) is 38.2. The van der Waals surface area contributed by atoms with E-state index in [4.69, 9.17) is 9.97 Å². The summed E-state index contributed by atoms with van der Waals surface area (Å²) in [4.78, 5) is 13.4. The van der Waals surface area contributed by atoms with Crippen molar-refractivity contribution < 1.29 is 0 Å². The molecule has 0 saturated carbocycles. The molecule has 0 atom stereocenters. The number of imidazole rings is 4. The summed E-state index contributed by atoms with van der Waals surface area (Å²) in [5.41, 5.74) is 21.8. The molecule has 4 aromatic heterocycles. The molecule has 0 fully saturated rings. The van der Waals surface area contributed by atoms with Crippen molar-refractivity contribution >= 4 is 72.8 Å². The van der Waals surface area contributed by atoms with Gasteiger partial charge in [0.15, 0.2) is 0 Å². The quantitative estimate of drug-likeness (QED) is 0.167. The van der Waals surface area contributed by atoms with Crippen LogP contribution in [0.5, 0.6) is 0 Å². The SMILES string of the molecule is c1ccc(C2(c3ccccc3)c3ccc(-n4c5ccccc5n5c6ccccc6nc45)cc3N3c4cc(-n5c6ccccc6n6c7ccccc7nc56)ccc4C(c4ccccc4)(c4ccccc4)c4cccc2c43)cc1. The molecule has 11 aromatic carbocycles. The fraction of sp³-hybridized carbons (Fsp3) is 0.0286. The Kier molecular flexibility index (Phi) is 8.57. The molecule has 7 heteroatoms. The van der Waals surface area contributed by atoms with Crippen LogP contribution >= 0.6 is 0 Å². The van der Waals surface area contributed by atoms with Crippen molar-refractivity contribution in [1.82, 2.24) is 27.9 Å². The van der Waals surface area contributed by atoms with E-state index in [1.165, 1.54) is 44.5 Å². The Bertz CT molecular complexity index is 4490. The molecule has 0 spiro atoms. The molecule has 0 unspecified atom stereocenters. The molecule has 0 bridgehead atoms. The average molecular weight is 984 g/mol. The Morgan fingerprint density at radius 3 is 1.00 bits per heavy atom. The van der Waals surface area contributed by atoms with E-state index in [-0.39, 0.29) is 0 Å². The van der Waals surface area contributed by atoms with Crippen LogP contribution in [0.2, 0.25) is 0 Å². The van der Waals surface area contributed by atoms with Gasteiger partial charge in [-0.3, -0.25) is 17.9 Å². The Morgan fingerprint density at radius 2 is 0.610 bits per heavy atom. The molecule has 6 heterocycles. The van der Waals surface area contributed by atoms with E-state index < -0.39 is 10.8 Å². The predicted octanol–water partition coefficient (Wildman–Crippen LogP) is 16.0. The molecule has 2 aliphatic rings. The summed E-state index contributed by atoms with van der Waals surface area (Å²) in [5.74, 6) is 1.73.